The Hall–Kier alpha value is -2.31. The van der Waals surface area contributed by atoms with Gasteiger partial charge in [-0.15, -0.1) is 0 Å². The van der Waals surface area contributed by atoms with E-state index in [1.54, 1.807) is 0 Å². The maximum atomic E-state index is 13.6. The predicted molar refractivity (Wildman–Crippen MR) is 112 cm³/mol. The fourth-order valence-electron chi connectivity index (χ4n) is 3.30. The monoisotopic (exact) mass is 473 g/mol. The van der Waals surface area contributed by atoms with Crippen LogP contribution in [0.3, 0.4) is 0 Å². The maximum absolute atomic E-state index is 13.6. The summed E-state index contributed by atoms with van der Waals surface area (Å²) in [4.78, 5) is 36.0. The van der Waals surface area contributed by atoms with Gasteiger partial charge in [0.2, 0.25) is 11.8 Å². The van der Waals surface area contributed by atoms with Crippen molar-refractivity contribution in [3.05, 3.63) is 24.3 Å². The van der Waals surface area contributed by atoms with Crippen LogP contribution in [0.1, 0.15) is 32.6 Å². The van der Waals surface area contributed by atoms with Gasteiger partial charge in [-0.25, -0.2) is 21.1 Å². The number of benzene rings is 1. The molecule has 2 rings (SSSR count). The van der Waals surface area contributed by atoms with Crippen LogP contribution < -0.4 is 11.1 Å². The summed E-state index contributed by atoms with van der Waals surface area (Å²) in [6.07, 6.45) is 1.06. The first-order valence-electron chi connectivity index (χ1n) is 9.76. The minimum atomic E-state index is -4.69. The van der Waals surface area contributed by atoms with Gasteiger partial charge in [0, 0.05) is 18.6 Å². The van der Waals surface area contributed by atoms with Crippen molar-refractivity contribution in [2.75, 3.05) is 19.3 Å². The summed E-state index contributed by atoms with van der Waals surface area (Å²) in [5, 5.41) is 2.87. The molecule has 0 aromatic heterocycles. The minimum Gasteiger partial charge on any atom is -0.369 e. The number of sulfone groups is 1. The summed E-state index contributed by atoms with van der Waals surface area (Å²) in [6, 6.07) is 3.67. The average molecular weight is 474 g/mol. The van der Waals surface area contributed by atoms with E-state index in [2.05, 4.69) is 5.32 Å². The zero-order chi connectivity index (χ0) is 23.4. The van der Waals surface area contributed by atoms with Gasteiger partial charge in [-0.3, -0.25) is 14.4 Å². The van der Waals surface area contributed by atoms with Gasteiger partial charge in [-0.2, -0.15) is 0 Å². The first-order valence-corrected chi connectivity index (χ1v) is 13.1. The van der Waals surface area contributed by atoms with Crippen molar-refractivity contribution in [3.8, 4) is 0 Å². The van der Waals surface area contributed by atoms with Crippen LogP contribution in [-0.4, -0.2) is 64.1 Å². The Balaban J connectivity index is 2.57. The Bertz CT molecular complexity index is 1070. The average Bonchev–Trinajstić information content (AvgIpc) is 2.90. The molecule has 1 fully saturated rings. The number of hydrogen-bond donors (Lipinski definition) is 2. The molecule has 0 saturated carbocycles. The Morgan fingerprint density at radius 3 is 2.39 bits per heavy atom. The van der Waals surface area contributed by atoms with E-state index < -0.39 is 59.2 Å². The zero-order valence-electron chi connectivity index (χ0n) is 17.4. The molecule has 3 N–H and O–H groups in total. The van der Waals surface area contributed by atoms with Crippen molar-refractivity contribution in [2.45, 2.75) is 48.4 Å². The summed E-state index contributed by atoms with van der Waals surface area (Å²) < 4.78 is 52.0. The van der Waals surface area contributed by atoms with E-state index in [0.717, 1.165) is 18.4 Å². The van der Waals surface area contributed by atoms with E-state index in [0.29, 0.717) is 17.3 Å². The summed E-state index contributed by atoms with van der Waals surface area (Å²) in [7, 11) is -8.63. The highest BCUT2D eigenvalue weighted by molar-refractivity contribution is 7.93. The molecule has 10 nitrogen and oxygen atoms in total. The van der Waals surface area contributed by atoms with Gasteiger partial charge in [0.15, 0.2) is 15.6 Å². The van der Waals surface area contributed by atoms with E-state index in [1.807, 2.05) is 0 Å². The van der Waals surface area contributed by atoms with Gasteiger partial charge in [0.1, 0.15) is 10.9 Å². The second-order valence-electron chi connectivity index (χ2n) is 7.56. The quantitative estimate of drug-likeness (QED) is 0.526. The first kappa shape index (κ1) is 25.0. The first-order chi connectivity index (χ1) is 14.4. The van der Waals surface area contributed by atoms with Crippen molar-refractivity contribution < 1.29 is 31.2 Å². The molecule has 1 aliphatic rings. The number of nitrogens with one attached hydrogen (secondary N) is 1. The lowest BCUT2D eigenvalue weighted by Gasteiger charge is -2.30. The number of ketones is 1. The van der Waals surface area contributed by atoms with Crippen molar-refractivity contribution in [2.24, 2.45) is 11.7 Å². The Kier molecular flexibility index (Phi) is 7.95. The van der Waals surface area contributed by atoms with E-state index in [4.69, 9.17) is 5.73 Å². The molecule has 2 amide bonds. The van der Waals surface area contributed by atoms with Gasteiger partial charge in [0.25, 0.3) is 10.0 Å². The third-order valence-electron chi connectivity index (χ3n) is 5.09. The summed E-state index contributed by atoms with van der Waals surface area (Å²) >= 11 is 0. The van der Waals surface area contributed by atoms with Gasteiger partial charge in [-0.1, -0.05) is 19.1 Å². The van der Waals surface area contributed by atoms with E-state index in [1.165, 1.54) is 19.1 Å². The van der Waals surface area contributed by atoms with Crippen LogP contribution in [0.2, 0.25) is 0 Å². The molecule has 1 heterocycles. The van der Waals surface area contributed by atoms with E-state index >= 15 is 0 Å². The molecule has 0 bridgehead atoms. The molecule has 0 radical (unpaired) electrons. The van der Waals surface area contributed by atoms with Crippen LogP contribution in [0, 0.1) is 5.92 Å². The highest BCUT2D eigenvalue weighted by atomic mass is 32.2. The largest absolute Gasteiger partial charge is 0.369 e. The molecule has 2 atom stereocenters. The fraction of sp³-hybridized carbons (Fsp3) is 0.526. The van der Waals surface area contributed by atoms with Crippen molar-refractivity contribution >= 4 is 37.5 Å². The second kappa shape index (κ2) is 9.88. The Labute approximate surface area is 182 Å². The molecular formula is C19H27N3O7S2. The highest BCUT2D eigenvalue weighted by Crippen LogP contribution is 2.28. The SMILES string of the molecule is CC(CCC(=O)N([C@H]1CCCNCC1=O)S(=O)(=O)c1ccccc1S(C)(=O)=O)C(N)=O. The van der Waals surface area contributed by atoms with E-state index in [-0.39, 0.29) is 25.8 Å². The predicted octanol–water partition coefficient (Wildman–Crippen LogP) is -0.170. The molecular weight excluding hydrogens is 446 g/mol. The number of Topliss-reactive ketones (excluding diaryl/α,β-unsaturated/α-hetero) is 1. The fourth-order valence-corrected chi connectivity index (χ4v) is 6.53. The van der Waals surface area contributed by atoms with Gasteiger partial charge in [0.05, 0.1) is 11.4 Å². The molecule has 31 heavy (non-hydrogen) atoms. The molecule has 1 aromatic carbocycles. The Morgan fingerprint density at radius 2 is 1.81 bits per heavy atom. The van der Waals surface area contributed by atoms with Crippen LogP contribution >= 0.6 is 0 Å². The molecule has 1 saturated heterocycles. The normalized spacial score (nSPS) is 18.8. The standard InChI is InChI=1S/C19H27N3O7S2/c1-13(19(20)25)9-10-18(24)22(14-6-5-11-21-12-15(14)23)31(28,29)17-8-4-3-7-16(17)30(2,26)27/h3-4,7-8,13-14,21H,5-6,9-12H2,1-2H3,(H2,20,25)/t13?,14-/m0/s1. The molecule has 0 spiro atoms. The van der Waals surface area contributed by atoms with Crippen molar-refractivity contribution in [3.63, 3.8) is 0 Å². The number of sulfonamides is 1. The third-order valence-corrected chi connectivity index (χ3v) is 8.27. The molecule has 0 aliphatic carbocycles. The van der Waals surface area contributed by atoms with Crippen LogP contribution in [0.25, 0.3) is 0 Å². The number of primary amides is 1. The lowest BCUT2D eigenvalue weighted by atomic mass is 10.0. The topological polar surface area (TPSA) is 161 Å². The van der Waals surface area contributed by atoms with Gasteiger partial charge < -0.3 is 11.1 Å². The molecule has 1 unspecified atom stereocenters. The van der Waals surface area contributed by atoms with Gasteiger partial charge >= 0.3 is 0 Å². The zero-order valence-corrected chi connectivity index (χ0v) is 19.0. The number of hydrogen-bond acceptors (Lipinski definition) is 8. The lowest BCUT2D eigenvalue weighted by molar-refractivity contribution is -0.134. The second-order valence-corrected chi connectivity index (χ2v) is 11.3. The summed E-state index contributed by atoms with van der Waals surface area (Å²) in [5.74, 6) is -2.70. The summed E-state index contributed by atoms with van der Waals surface area (Å²) in [6.45, 7) is 1.87. The number of nitrogens with two attached hydrogens (primary N) is 1. The number of rotatable bonds is 8. The van der Waals surface area contributed by atoms with Gasteiger partial charge in [-0.05, 0) is 37.9 Å². The van der Waals surface area contributed by atoms with Crippen molar-refractivity contribution in [1.82, 2.24) is 9.62 Å². The number of nitrogens with zero attached hydrogens (tertiary/aromatic N) is 1. The lowest BCUT2D eigenvalue weighted by Crippen LogP contribution is -2.49. The number of carbonyl (C=O) groups is 3. The molecule has 1 aliphatic heterocycles. The van der Waals surface area contributed by atoms with Crippen LogP contribution in [0.4, 0.5) is 0 Å². The maximum Gasteiger partial charge on any atom is 0.268 e. The molecule has 172 valence electrons. The van der Waals surface area contributed by atoms with Crippen LogP contribution in [0.5, 0.6) is 0 Å². The molecule has 12 heteroatoms. The number of carbonyl (C=O) groups excluding carboxylic acids is 3. The van der Waals surface area contributed by atoms with Crippen LogP contribution in [0.15, 0.2) is 34.1 Å². The van der Waals surface area contributed by atoms with Crippen molar-refractivity contribution in [1.29, 1.82) is 0 Å². The number of amides is 2. The molecule has 1 aromatic rings. The Morgan fingerprint density at radius 1 is 1.19 bits per heavy atom. The van der Waals surface area contributed by atoms with E-state index in [9.17, 15) is 31.2 Å². The van der Waals surface area contributed by atoms with Crippen LogP contribution in [-0.2, 0) is 34.2 Å². The highest BCUT2D eigenvalue weighted by Gasteiger charge is 2.41. The minimum absolute atomic E-state index is 0.00687. The smallest absolute Gasteiger partial charge is 0.268 e. The third kappa shape index (κ3) is 5.89. The summed E-state index contributed by atoms with van der Waals surface area (Å²) in [5.41, 5.74) is 5.22.